The lowest BCUT2D eigenvalue weighted by Crippen LogP contribution is -2.27. The summed E-state index contributed by atoms with van der Waals surface area (Å²) in [6.07, 6.45) is 4.93. The van der Waals surface area contributed by atoms with Crippen molar-refractivity contribution in [2.24, 2.45) is 0 Å². The monoisotopic (exact) mass is 303 g/mol. The van der Waals surface area contributed by atoms with Gasteiger partial charge in [-0.15, -0.1) is 6.42 Å². The minimum atomic E-state index is -0.601. The summed E-state index contributed by atoms with van der Waals surface area (Å²) in [4.78, 5) is 23.4. The Morgan fingerprint density at radius 3 is 2.45 bits per heavy atom. The molecule has 22 heavy (non-hydrogen) atoms. The largest absolute Gasteiger partial charge is 0.469 e. The van der Waals surface area contributed by atoms with E-state index in [9.17, 15) is 9.59 Å². The lowest BCUT2D eigenvalue weighted by atomic mass is 10.0. The van der Waals surface area contributed by atoms with Crippen molar-refractivity contribution in [3.8, 4) is 12.3 Å². The van der Waals surface area contributed by atoms with Crippen LogP contribution in [-0.2, 0) is 20.7 Å². The molecule has 1 aromatic carbocycles. The number of ether oxygens (including phenoxy) is 2. The number of terminal acetylenes is 1. The summed E-state index contributed by atoms with van der Waals surface area (Å²) < 4.78 is 9.89. The van der Waals surface area contributed by atoms with Crippen LogP contribution in [0.5, 0.6) is 0 Å². The molecule has 1 N–H and O–H groups in total. The molecular weight excluding hydrogens is 282 g/mol. The normalized spacial score (nSPS) is 10.5. The van der Waals surface area contributed by atoms with Crippen molar-refractivity contribution < 1.29 is 19.1 Å². The molecule has 0 aliphatic rings. The maximum Gasteiger partial charge on any atom is 0.412 e. The lowest BCUT2D eigenvalue weighted by Gasteiger charge is -2.20. The fraction of sp³-hybridized carbons (Fsp3) is 0.412. The van der Waals surface area contributed by atoms with Crippen molar-refractivity contribution in [3.05, 3.63) is 28.8 Å². The van der Waals surface area contributed by atoms with Crippen LogP contribution in [-0.4, -0.2) is 24.8 Å². The quantitative estimate of drug-likeness (QED) is 0.688. The molecule has 0 unspecified atom stereocenters. The van der Waals surface area contributed by atoms with E-state index < -0.39 is 11.7 Å². The second-order valence-corrected chi connectivity index (χ2v) is 5.83. The predicted molar refractivity (Wildman–Crippen MR) is 84.7 cm³/mol. The van der Waals surface area contributed by atoms with E-state index >= 15 is 0 Å². The summed E-state index contributed by atoms with van der Waals surface area (Å²) in [5.41, 5.74) is 1.93. The first-order valence-corrected chi connectivity index (χ1v) is 6.83. The van der Waals surface area contributed by atoms with E-state index in [1.807, 2.05) is 0 Å². The van der Waals surface area contributed by atoms with Gasteiger partial charge in [0.05, 0.1) is 13.5 Å². The van der Waals surface area contributed by atoms with Gasteiger partial charge in [0.2, 0.25) is 0 Å². The number of benzene rings is 1. The zero-order valence-corrected chi connectivity index (χ0v) is 13.6. The Bertz CT molecular complexity index is 621. The number of hydrogen-bond donors (Lipinski definition) is 1. The first-order valence-electron chi connectivity index (χ1n) is 6.83. The molecule has 0 spiro atoms. The molecule has 0 aliphatic carbocycles. The molecular formula is C17H21NO4. The van der Waals surface area contributed by atoms with E-state index in [0.717, 1.165) is 5.56 Å². The molecule has 118 valence electrons. The number of methoxy groups -OCH3 is 1. The van der Waals surface area contributed by atoms with Gasteiger partial charge < -0.3 is 9.47 Å². The van der Waals surface area contributed by atoms with Gasteiger partial charge >= 0.3 is 12.1 Å². The Morgan fingerprint density at radius 1 is 1.32 bits per heavy atom. The number of amides is 1. The van der Waals surface area contributed by atoms with Crippen LogP contribution in [0.2, 0.25) is 0 Å². The van der Waals surface area contributed by atoms with Crippen LogP contribution in [0.3, 0.4) is 0 Å². The number of esters is 1. The van der Waals surface area contributed by atoms with Crippen LogP contribution in [0.4, 0.5) is 10.5 Å². The van der Waals surface area contributed by atoms with E-state index in [2.05, 4.69) is 16.0 Å². The summed E-state index contributed by atoms with van der Waals surface area (Å²) >= 11 is 0. The molecule has 0 aliphatic heterocycles. The molecule has 0 heterocycles. The van der Waals surface area contributed by atoms with Gasteiger partial charge in [-0.25, -0.2) is 4.79 Å². The Morgan fingerprint density at radius 2 is 1.95 bits per heavy atom. The Kier molecular flexibility index (Phi) is 5.58. The van der Waals surface area contributed by atoms with Crippen LogP contribution in [0.1, 0.15) is 37.5 Å². The SMILES string of the molecule is C#Cc1cc(CC(=O)OC)c(C)c(NC(=O)OC(C)(C)C)c1. The molecule has 5 nitrogen and oxygen atoms in total. The van der Waals surface area contributed by atoms with Crippen molar-refractivity contribution in [1.29, 1.82) is 0 Å². The number of carbonyl (C=O) groups is 2. The molecule has 5 heteroatoms. The van der Waals surface area contributed by atoms with Crippen LogP contribution >= 0.6 is 0 Å². The van der Waals surface area contributed by atoms with Crippen molar-refractivity contribution >= 4 is 17.7 Å². The molecule has 0 atom stereocenters. The molecule has 0 bridgehead atoms. The maximum atomic E-state index is 11.9. The molecule has 1 rings (SSSR count). The van der Waals surface area contributed by atoms with Gasteiger partial charge in [-0.3, -0.25) is 10.1 Å². The van der Waals surface area contributed by atoms with E-state index in [-0.39, 0.29) is 12.4 Å². The van der Waals surface area contributed by atoms with Gasteiger partial charge in [0, 0.05) is 11.3 Å². The average Bonchev–Trinajstić information content (AvgIpc) is 2.40. The van der Waals surface area contributed by atoms with Crippen LogP contribution in [0, 0.1) is 19.3 Å². The highest BCUT2D eigenvalue weighted by Crippen LogP contribution is 2.23. The van der Waals surface area contributed by atoms with Crippen molar-refractivity contribution in [1.82, 2.24) is 0 Å². The molecule has 0 saturated heterocycles. The number of rotatable bonds is 3. The molecule has 0 radical (unpaired) electrons. The van der Waals surface area contributed by atoms with E-state index in [0.29, 0.717) is 16.8 Å². The fourth-order valence-corrected chi connectivity index (χ4v) is 1.81. The standard InChI is InChI=1S/C17H21NO4/c1-7-12-8-13(10-15(19)21-6)11(2)14(9-12)18-16(20)22-17(3,4)5/h1,8-9H,10H2,2-6H3,(H,18,20). The van der Waals surface area contributed by atoms with Gasteiger partial charge in [0.1, 0.15) is 5.60 Å². The Hall–Kier alpha value is -2.48. The first kappa shape index (κ1) is 17.6. The van der Waals surface area contributed by atoms with Gasteiger partial charge in [-0.1, -0.05) is 5.92 Å². The zero-order chi connectivity index (χ0) is 16.9. The summed E-state index contributed by atoms with van der Waals surface area (Å²) in [5.74, 6) is 2.13. The molecule has 1 amide bonds. The van der Waals surface area contributed by atoms with Crippen molar-refractivity contribution in [2.45, 2.75) is 39.7 Å². The molecule has 0 aromatic heterocycles. The average molecular weight is 303 g/mol. The Labute approximate surface area is 131 Å². The second kappa shape index (κ2) is 6.99. The minimum Gasteiger partial charge on any atom is -0.469 e. The van der Waals surface area contributed by atoms with E-state index in [4.69, 9.17) is 11.2 Å². The van der Waals surface area contributed by atoms with Crippen LogP contribution in [0.15, 0.2) is 12.1 Å². The third-order valence-corrected chi connectivity index (χ3v) is 2.88. The lowest BCUT2D eigenvalue weighted by molar-refractivity contribution is -0.139. The third-order valence-electron chi connectivity index (χ3n) is 2.88. The zero-order valence-electron chi connectivity index (χ0n) is 13.6. The summed E-state index contributed by atoms with van der Waals surface area (Å²) in [6.45, 7) is 7.13. The van der Waals surface area contributed by atoms with E-state index in [1.54, 1.807) is 39.8 Å². The van der Waals surface area contributed by atoms with Crippen molar-refractivity contribution in [3.63, 3.8) is 0 Å². The van der Waals surface area contributed by atoms with Gasteiger partial charge in [-0.2, -0.15) is 0 Å². The summed E-state index contributed by atoms with van der Waals surface area (Å²) in [5, 5.41) is 2.66. The number of anilines is 1. The van der Waals surface area contributed by atoms with Gasteiger partial charge in [0.15, 0.2) is 0 Å². The Balaban J connectivity index is 3.09. The summed E-state index contributed by atoms with van der Waals surface area (Å²) in [6, 6.07) is 3.40. The number of carbonyl (C=O) groups excluding carboxylic acids is 2. The highest BCUT2D eigenvalue weighted by molar-refractivity contribution is 5.87. The topological polar surface area (TPSA) is 64.6 Å². The number of nitrogens with one attached hydrogen (secondary N) is 1. The predicted octanol–water partition coefficient (Wildman–Crippen LogP) is 3.04. The summed E-state index contributed by atoms with van der Waals surface area (Å²) in [7, 11) is 1.32. The fourth-order valence-electron chi connectivity index (χ4n) is 1.81. The van der Waals surface area contributed by atoms with Crippen molar-refractivity contribution in [2.75, 3.05) is 12.4 Å². The van der Waals surface area contributed by atoms with E-state index in [1.165, 1.54) is 7.11 Å². The molecule has 0 saturated carbocycles. The smallest absolute Gasteiger partial charge is 0.412 e. The highest BCUT2D eigenvalue weighted by Gasteiger charge is 2.18. The first-order chi connectivity index (χ1) is 10.2. The molecule has 0 fully saturated rings. The third kappa shape index (κ3) is 5.13. The highest BCUT2D eigenvalue weighted by atomic mass is 16.6. The minimum absolute atomic E-state index is 0.0842. The van der Waals surface area contributed by atoms with Crippen LogP contribution in [0.25, 0.3) is 0 Å². The van der Waals surface area contributed by atoms with Crippen LogP contribution < -0.4 is 5.32 Å². The molecule has 1 aromatic rings. The second-order valence-electron chi connectivity index (χ2n) is 5.83. The van der Waals surface area contributed by atoms with Gasteiger partial charge in [0.25, 0.3) is 0 Å². The van der Waals surface area contributed by atoms with Gasteiger partial charge in [-0.05, 0) is 51.0 Å². The maximum absolute atomic E-state index is 11.9. The number of hydrogen-bond acceptors (Lipinski definition) is 4.